The van der Waals surface area contributed by atoms with Crippen LogP contribution in [0.3, 0.4) is 0 Å². The van der Waals surface area contributed by atoms with E-state index in [0.29, 0.717) is 13.1 Å². The second kappa shape index (κ2) is 5.98. The highest BCUT2D eigenvalue weighted by Gasteiger charge is 2.34. The van der Waals surface area contributed by atoms with Gasteiger partial charge < -0.3 is 5.32 Å². The molecule has 16 heavy (non-hydrogen) atoms. The number of sulfonamides is 1. The molecule has 0 aromatic carbocycles. The number of rotatable bonds is 5. The average molecular weight is 248 g/mol. The van der Waals surface area contributed by atoms with Crippen molar-refractivity contribution >= 4 is 10.0 Å². The van der Waals surface area contributed by atoms with Crippen molar-refractivity contribution in [2.24, 2.45) is 0 Å². The van der Waals surface area contributed by atoms with E-state index in [0.717, 1.165) is 25.7 Å². The fraction of sp³-hybridized carbons (Fsp3) is 1.00. The van der Waals surface area contributed by atoms with E-state index in [1.165, 1.54) is 0 Å². The highest BCUT2D eigenvalue weighted by molar-refractivity contribution is 7.89. The van der Waals surface area contributed by atoms with Crippen LogP contribution in [0.2, 0.25) is 0 Å². The fourth-order valence-corrected chi connectivity index (χ4v) is 4.23. The Morgan fingerprint density at radius 3 is 2.69 bits per heavy atom. The number of hydrogen-bond acceptors (Lipinski definition) is 3. The first kappa shape index (κ1) is 13.9. The molecule has 0 aromatic rings. The zero-order valence-electron chi connectivity index (χ0n) is 10.6. The van der Waals surface area contributed by atoms with Crippen LogP contribution in [-0.4, -0.2) is 44.2 Å². The second-order valence-electron chi connectivity index (χ2n) is 4.58. The molecule has 1 aliphatic heterocycles. The Labute approximate surface area is 99.5 Å². The summed E-state index contributed by atoms with van der Waals surface area (Å²) in [6.07, 6.45) is 4.10. The Bertz CT molecular complexity index is 303. The standard InChI is InChI=1S/C11H24N2O2S/c1-4-11-7-5-6-8-13(11)16(14,15)10(2)9-12-3/h10-12H,4-9H2,1-3H3. The highest BCUT2D eigenvalue weighted by Crippen LogP contribution is 2.24. The van der Waals surface area contributed by atoms with Crippen LogP contribution in [0.25, 0.3) is 0 Å². The van der Waals surface area contributed by atoms with Crippen LogP contribution >= 0.6 is 0 Å². The largest absolute Gasteiger partial charge is 0.318 e. The number of hydrogen-bond donors (Lipinski definition) is 1. The number of piperidine rings is 1. The molecule has 0 bridgehead atoms. The van der Waals surface area contributed by atoms with Gasteiger partial charge in [0.05, 0.1) is 5.25 Å². The van der Waals surface area contributed by atoms with Gasteiger partial charge in [-0.2, -0.15) is 4.31 Å². The van der Waals surface area contributed by atoms with Crippen LogP contribution in [0.15, 0.2) is 0 Å². The molecular weight excluding hydrogens is 224 g/mol. The minimum absolute atomic E-state index is 0.220. The van der Waals surface area contributed by atoms with Crippen molar-refractivity contribution in [3.8, 4) is 0 Å². The maximum absolute atomic E-state index is 12.3. The Balaban J connectivity index is 2.79. The van der Waals surface area contributed by atoms with Crippen LogP contribution in [0.1, 0.15) is 39.5 Å². The van der Waals surface area contributed by atoms with Gasteiger partial charge in [0.25, 0.3) is 0 Å². The lowest BCUT2D eigenvalue weighted by Crippen LogP contribution is -2.48. The molecule has 0 spiro atoms. The molecule has 4 nitrogen and oxygen atoms in total. The van der Waals surface area contributed by atoms with Gasteiger partial charge in [0.1, 0.15) is 0 Å². The molecule has 1 heterocycles. The topological polar surface area (TPSA) is 49.4 Å². The van der Waals surface area contributed by atoms with Gasteiger partial charge in [-0.15, -0.1) is 0 Å². The van der Waals surface area contributed by atoms with Crippen molar-refractivity contribution in [1.82, 2.24) is 9.62 Å². The third-order valence-electron chi connectivity index (χ3n) is 3.37. The van der Waals surface area contributed by atoms with Gasteiger partial charge in [0, 0.05) is 19.1 Å². The molecule has 96 valence electrons. The van der Waals surface area contributed by atoms with Crippen molar-refractivity contribution in [3.05, 3.63) is 0 Å². The first-order valence-electron chi connectivity index (χ1n) is 6.19. The van der Waals surface area contributed by atoms with Crippen molar-refractivity contribution in [2.75, 3.05) is 20.1 Å². The summed E-state index contributed by atoms with van der Waals surface area (Å²) in [5.41, 5.74) is 0. The molecular formula is C11H24N2O2S. The number of nitrogens with zero attached hydrogens (tertiary/aromatic N) is 1. The van der Waals surface area contributed by atoms with Crippen molar-refractivity contribution in [1.29, 1.82) is 0 Å². The van der Waals surface area contributed by atoms with Gasteiger partial charge in [-0.3, -0.25) is 0 Å². The molecule has 1 fully saturated rings. The van der Waals surface area contributed by atoms with Gasteiger partial charge in [-0.25, -0.2) is 8.42 Å². The summed E-state index contributed by atoms with van der Waals surface area (Å²) in [6.45, 7) is 5.08. The Hall–Kier alpha value is -0.130. The third-order valence-corrected chi connectivity index (χ3v) is 5.69. The molecule has 1 saturated heterocycles. The smallest absolute Gasteiger partial charge is 0.218 e. The SMILES string of the molecule is CCC1CCCCN1S(=O)(=O)C(C)CNC. The molecule has 1 rings (SSSR count). The van der Waals surface area contributed by atoms with Crippen LogP contribution < -0.4 is 5.32 Å². The van der Waals surface area contributed by atoms with E-state index < -0.39 is 10.0 Å². The molecule has 0 aromatic heterocycles. The van der Waals surface area contributed by atoms with E-state index >= 15 is 0 Å². The third kappa shape index (κ3) is 2.96. The van der Waals surface area contributed by atoms with Crippen molar-refractivity contribution < 1.29 is 8.42 Å². The maximum atomic E-state index is 12.3. The van der Waals surface area contributed by atoms with Crippen LogP contribution in [-0.2, 0) is 10.0 Å². The molecule has 0 aliphatic carbocycles. The van der Waals surface area contributed by atoms with Gasteiger partial charge >= 0.3 is 0 Å². The van der Waals surface area contributed by atoms with E-state index in [2.05, 4.69) is 12.2 Å². The molecule has 5 heteroatoms. The van der Waals surface area contributed by atoms with Crippen molar-refractivity contribution in [3.63, 3.8) is 0 Å². The van der Waals surface area contributed by atoms with E-state index in [4.69, 9.17) is 0 Å². The lowest BCUT2D eigenvalue weighted by atomic mass is 10.0. The molecule has 0 radical (unpaired) electrons. The summed E-state index contributed by atoms with van der Waals surface area (Å²) in [6, 6.07) is 0.220. The predicted octanol–water partition coefficient (Wildman–Crippen LogP) is 1.19. The molecule has 0 amide bonds. The quantitative estimate of drug-likeness (QED) is 0.795. The first-order valence-corrected chi connectivity index (χ1v) is 7.69. The van der Waals surface area contributed by atoms with E-state index in [9.17, 15) is 8.42 Å². The normalized spacial score (nSPS) is 25.6. The fourth-order valence-electron chi connectivity index (χ4n) is 2.34. The molecule has 2 unspecified atom stereocenters. The summed E-state index contributed by atoms with van der Waals surface area (Å²) >= 11 is 0. The first-order chi connectivity index (χ1) is 7.54. The van der Waals surface area contributed by atoms with E-state index in [1.54, 1.807) is 18.3 Å². The monoisotopic (exact) mass is 248 g/mol. The van der Waals surface area contributed by atoms with Gasteiger partial charge in [-0.1, -0.05) is 13.3 Å². The minimum atomic E-state index is -3.11. The lowest BCUT2D eigenvalue weighted by molar-refractivity contribution is 0.244. The Morgan fingerprint density at radius 1 is 1.44 bits per heavy atom. The highest BCUT2D eigenvalue weighted by atomic mass is 32.2. The van der Waals surface area contributed by atoms with Crippen LogP contribution in [0, 0.1) is 0 Å². The summed E-state index contributed by atoms with van der Waals surface area (Å²) in [5.74, 6) is 0. The number of nitrogens with one attached hydrogen (secondary N) is 1. The molecule has 2 atom stereocenters. The predicted molar refractivity (Wildman–Crippen MR) is 66.9 cm³/mol. The lowest BCUT2D eigenvalue weighted by Gasteiger charge is -2.35. The van der Waals surface area contributed by atoms with E-state index in [-0.39, 0.29) is 11.3 Å². The van der Waals surface area contributed by atoms with Gasteiger partial charge in [0.2, 0.25) is 10.0 Å². The maximum Gasteiger partial charge on any atom is 0.218 e. The van der Waals surface area contributed by atoms with Gasteiger partial charge in [-0.05, 0) is 33.2 Å². The van der Waals surface area contributed by atoms with Gasteiger partial charge in [0.15, 0.2) is 0 Å². The average Bonchev–Trinajstić information content (AvgIpc) is 2.29. The Kier molecular flexibility index (Phi) is 5.21. The minimum Gasteiger partial charge on any atom is -0.318 e. The Morgan fingerprint density at radius 2 is 2.12 bits per heavy atom. The second-order valence-corrected chi connectivity index (χ2v) is 6.89. The van der Waals surface area contributed by atoms with E-state index in [1.807, 2.05) is 0 Å². The zero-order valence-corrected chi connectivity index (χ0v) is 11.4. The van der Waals surface area contributed by atoms with Crippen molar-refractivity contribution in [2.45, 2.75) is 50.8 Å². The summed E-state index contributed by atoms with van der Waals surface area (Å²) in [5, 5.41) is 2.61. The summed E-state index contributed by atoms with van der Waals surface area (Å²) < 4.78 is 26.4. The van der Waals surface area contributed by atoms with Crippen LogP contribution in [0.4, 0.5) is 0 Å². The summed E-state index contributed by atoms with van der Waals surface area (Å²) in [4.78, 5) is 0. The zero-order chi connectivity index (χ0) is 12.2. The summed E-state index contributed by atoms with van der Waals surface area (Å²) in [7, 11) is -1.32. The molecule has 1 N–H and O–H groups in total. The molecule has 0 saturated carbocycles. The molecule has 1 aliphatic rings. The van der Waals surface area contributed by atoms with Crippen LogP contribution in [0.5, 0.6) is 0 Å².